The number of nitrogens with zero attached hydrogens (tertiary/aromatic N) is 2. The second-order valence-corrected chi connectivity index (χ2v) is 4.54. The zero-order chi connectivity index (χ0) is 14.5. The van der Waals surface area contributed by atoms with Gasteiger partial charge < -0.3 is 9.73 Å². The SMILES string of the molecule is Cc1cc(C(=O)NNC(=S)NCc2ccco2)n(C)n1. The predicted octanol–water partition coefficient (Wildman–Crippen LogP) is 0.631. The number of carbonyl (C=O) groups is 1. The molecule has 0 bridgehead atoms. The summed E-state index contributed by atoms with van der Waals surface area (Å²) in [4.78, 5) is 11.9. The maximum Gasteiger partial charge on any atom is 0.287 e. The fourth-order valence-electron chi connectivity index (χ4n) is 1.63. The summed E-state index contributed by atoms with van der Waals surface area (Å²) in [5, 5.41) is 7.30. The van der Waals surface area contributed by atoms with E-state index in [1.54, 1.807) is 25.4 Å². The number of carbonyl (C=O) groups excluding carboxylic acids is 1. The van der Waals surface area contributed by atoms with Crippen LogP contribution in [0, 0.1) is 6.92 Å². The molecule has 0 spiro atoms. The van der Waals surface area contributed by atoms with Gasteiger partial charge in [0.2, 0.25) is 0 Å². The minimum Gasteiger partial charge on any atom is -0.467 e. The van der Waals surface area contributed by atoms with E-state index in [-0.39, 0.29) is 5.91 Å². The highest BCUT2D eigenvalue weighted by molar-refractivity contribution is 7.80. The van der Waals surface area contributed by atoms with E-state index in [4.69, 9.17) is 16.6 Å². The van der Waals surface area contributed by atoms with Crippen molar-refractivity contribution in [1.29, 1.82) is 0 Å². The summed E-state index contributed by atoms with van der Waals surface area (Å²) < 4.78 is 6.65. The molecule has 0 saturated heterocycles. The van der Waals surface area contributed by atoms with Gasteiger partial charge in [-0.15, -0.1) is 0 Å². The number of aromatic nitrogens is 2. The van der Waals surface area contributed by atoms with Crippen LogP contribution in [0.4, 0.5) is 0 Å². The standard InChI is InChI=1S/C12H15N5O2S/c1-8-6-10(17(2)16-8)11(18)14-15-12(20)13-7-9-4-3-5-19-9/h3-6H,7H2,1-2H3,(H,14,18)(H2,13,15,20). The number of nitrogens with one attached hydrogen (secondary N) is 3. The Hall–Kier alpha value is -2.35. The molecule has 0 aromatic carbocycles. The number of rotatable bonds is 3. The van der Waals surface area contributed by atoms with Gasteiger partial charge in [-0.2, -0.15) is 5.10 Å². The van der Waals surface area contributed by atoms with Gasteiger partial charge in [-0.05, 0) is 37.3 Å². The highest BCUT2D eigenvalue weighted by Gasteiger charge is 2.11. The molecule has 1 amide bonds. The monoisotopic (exact) mass is 293 g/mol. The van der Waals surface area contributed by atoms with E-state index in [1.807, 2.05) is 13.0 Å². The van der Waals surface area contributed by atoms with Crippen LogP contribution in [-0.2, 0) is 13.6 Å². The van der Waals surface area contributed by atoms with Crippen molar-refractivity contribution < 1.29 is 9.21 Å². The Morgan fingerprint density at radius 1 is 1.50 bits per heavy atom. The van der Waals surface area contributed by atoms with E-state index in [0.717, 1.165) is 11.5 Å². The van der Waals surface area contributed by atoms with Crippen molar-refractivity contribution in [2.24, 2.45) is 7.05 Å². The van der Waals surface area contributed by atoms with E-state index in [9.17, 15) is 4.79 Å². The fourth-order valence-corrected chi connectivity index (χ4v) is 1.75. The van der Waals surface area contributed by atoms with Crippen molar-refractivity contribution in [3.05, 3.63) is 41.6 Å². The molecule has 0 aliphatic heterocycles. The maximum absolute atomic E-state index is 11.9. The number of hydrogen-bond acceptors (Lipinski definition) is 4. The van der Waals surface area contributed by atoms with Crippen LogP contribution in [0.1, 0.15) is 21.9 Å². The molecule has 2 aromatic rings. The zero-order valence-corrected chi connectivity index (χ0v) is 12.0. The summed E-state index contributed by atoms with van der Waals surface area (Å²) >= 11 is 5.03. The Labute approximate surface area is 121 Å². The summed E-state index contributed by atoms with van der Waals surface area (Å²) in [6.07, 6.45) is 1.58. The van der Waals surface area contributed by atoms with Crippen LogP contribution < -0.4 is 16.2 Å². The first-order valence-corrected chi connectivity index (χ1v) is 6.34. The van der Waals surface area contributed by atoms with E-state index in [0.29, 0.717) is 17.4 Å². The molecule has 2 aromatic heterocycles. The van der Waals surface area contributed by atoms with E-state index >= 15 is 0 Å². The lowest BCUT2D eigenvalue weighted by molar-refractivity contribution is 0.0934. The third kappa shape index (κ3) is 3.58. The van der Waals surface area contributed by atoms with Crippen molar-refractivity contribution in [1.82, 2.24) is 25.9 Å². The highest BCUT2D eigenvalue weighted by atomic mass is 32.1. The van der Waals surface area contributed by atoms with Crippen LogP contribution in [0.15, 0.2) is 28.9 Å². The number of hydrogen-bond donors (Lipinski definition) is 3. The highest BCUT2D eigenvalue weighted by Crippen LogP contribution is 2.00. The first-order valence-electron chi connectivity index (χ1n) is 5.93. The van der Waals surface area contributed by atoms with Crippen molar-refractivity contribution in [2.75, 3.05) is 0 Å². The van der Waals surface area contributed by atoms with Crippen LogP contribution in [0.3, 0.4) is 0 Å². The van der Waals surface area contributed by atoms with Crippen molar-refractivity contribution in [3.8, 4) is 0 Å². The molecule has 0 unspecified atom stereocenters. The normalized spacial score (nSPS) is 10.1. The molecule has 0 saturated carbocycles. The average molecular weight is 293 g/mol. The molecular weight excluding hydrogens is 278 g/mol. The molecular formula is C12H15N5O2S. The largest absolute Gasteiger partial charge is 0.467 e. The maximum atomic E-state index is 11.9. The third-order valence-electron chi connectivity index (χ3n) is 2.53. The molecule has 0 radical (unpaired) electrons. The number of hydrazine groups is 1. The second kappa shape index (κ2) is 6.20. The molecule has 0 aliphatic rings. The molecule has 106 valence electrons. The first-order chi connectivity index (χ1) is 9.56. The van der Waals surface area contributed by atoms with Gasteiger partial charge in [-0.1, -0.05) is 0 Å². The predicted molar refractivity (Wildman–Crippen MR) is 76.7 cm³/mol. The average Bonchev–Trinajstić information content (AvgIpc) is 3.03. The molecule has 20 heavy (non-hydrogen) atoms. The van der Waals surface area contributed by atoms with E-state index < -0.39 is 0 Å². The quantitative estimate of drug-likeness (QED) is 0.569. The minimum atomic E-state index is -0.310. The van der Waals surface area contributed by atoms with Crippen molar-refractivity contribution >= 4 is 23.2 Å². The molecule has 0 fully saturated rings. The fraction of sp³-hybridized carbons (Fsp3) is 0.250. The Kier molecular flexibility index (Phi) is 4.36. The zero-order valence-electron chi connectivity index (χ0n) is 11.1. The van der Waals surface area contributed by atoms with Crippen LogP contribution in [0.5, 0.6) is 0 Å². The number of furan rings is 1. The van der Waals surface area contributed by atoms with Gasteiger partial charge in [0.1, 0.15) is 11.5 Å². The van der Waals surface area contributed by atoms with Crippen molar-refractivity contribution in [2.45, 2.75) is 13.5 Å². The van der Waals surface area contributed by atoms with Crippen LogP contribution in [-0.4, -0.2) is 20.8 Å². The summed E-state index contributed by atoms with van der Waals surface area (Å²) in [6.45, 7) is 2.26. The number of aryl methyl sites for hydroxylation is 2. The van der Waals surface area contributed by atoms with Gasteiger partial charge in [0.05, 0.1) is 18.5 Å². The molecule has 0 aliphatic carbocycles. The van der Waals surface area contributed by atoms with Gasteiger partial charge in [-0.25, -0.2) is 0 Å². The molecule has 3 N–H and O–H groups in total. The van der Waals surface area contributed by atoms with Gasteiger partial charge in [0.25, 0.3) is 5.91 Å². The Morgan fingerprint density at radius 3 is 2.90 bits per heavy atom. The smallest absolute Gasteiger partial charge is 0.287 e. The minimum absolute atomic E-state index is 0.300. The van der Waals surface area contributed by atoms with Gasteiger partial charge in [0.15, 0.2) is 5.11 Å². The van der Waals surface area contributed by atoms with Gasteiger partial charge in [0, 0.05) is 7.05 Å². The molecule has 7 nitrogen and oxygen atoms in total. The summed E-state index contributed by atoms with van der Waals surface area (Å²) in [7, 11) is 1.70. The lowest BCUT2D eigenvalue weighted by atomic mass is 10.3. The summed E-state index contributed by atoms with van der Waals surface area (Å²) in [5.74, 6) is 0.443. The first kappa shape index (κ1) is 14.1. The van der Waals surface area contributed by atoms with E-state index in [2.05, 4.69) is 21.3 Å². The van der Waals surface area contributed by atoms with Gasteiger partial charge >= 0.3 is 0 Å². The lowest BCUT2D eigenvalue weighted by Gasteiger charge is -2.10. The lowest BCUT2D eigenvalue weighted by Crippen LogP contribution is -2.46. The van der Waals surface area contributed by atoms with Gasteiger partial charge in [-0.3, -0.25) is 20.3 Å². The number of thiocarbonyl (C=S) groups is 1. The van der Waals surface area contributed by atoms with Crippen LogP contribution >= 0.6 is 12.2 Å². The van der Waals surface area contributed by atoms with Crippen molar-refractivity contribution in [3.63, 3.8) is 0 Å². The Balaban J connectivity index is 1.78. The summed E-state index contributed by atoms with van der Waals surface area (Å²) in [6, 6.07) is 5.31. The van der Waals surface area contributed by atoms with Crippen LogP contribution in [0.2, 0.25) is 0 Å². The Bertz CT molecular complexity index is 605. The third-order valence-corrected chi connectivity index (χ3v) is 2.77. The summed E-state index contributed by atoms with van der Waals surface area (Å²) in [5.41, 5.74) is 6.34. The Morgan fingerprint density at radius 2 is 2.30 bits per heavy atom. The topological polar surface area (TPSA) is 84.1 Å². The molecule has 2 heterocycles. The molecule has 0 atom stereocenters. The van der Waals surface area contributed by atoms with E-state index in [1.165, 1.54) is 4.68 Å². The van der Waals surface area contributed by atoms with Crippen LogP contribution in [0.25, 0.3) is 0 Å². The molecule has 2 rings (SSSR count). The second-order valence-electron chi connectivity index (χ2n) is 4.14. The number of amides is 1. The molecule has 8 heteroatoms.